The van der Waals surface area contributed by atoms with Crippen LogP contribution in [0.4, 0.5) is 4.79 Å². The lowest BCUT2D eigenvalue weighted by molar-refractivity contribution is -0.0322. The van der Waals surface area contributed by atoms with E-state index in [2.05, 4.69) is 0 Å². The monoisotopic (exact) mass is 502 g/mol. The zero-order chi connectivity index (χ0) is 24.8. The van der Waals surface area contributed by atoms with Gasteiger partial charge in [-0.25, -0.2) is 13.2 Å². The summed E-state index contributed by atoms with van der Waals surface area (Å²) < 4.78 is 45.6. The van der Waals surface area contributed by atoms with Gasteiger partial charge in [0.2, 0.25) is 10.0 Å². The number of hydrogen-bond acceptors (Lipinski definition) is 6. The number of carbonyl (C=O) groups is 1. The van der Waals surface area contributed by atoms with E-state index in [9.17, 15) is 13.2 Å². The number of ether oxygens (including phenoxy) is 3. The van der Waals surface area contributed by atoms with Crippen LogP contribution >= 0.6 is 0 Å². The summed E-state index contributed by atoms with van der Waals surface area (Å²) in [6.07, 6.45) is 1.56. The number of hydrogen-bond donors (Lipinski definition) is 0. The van der Waals surface area contributed by atoms with E-state index in [0.717, 1.165) is 10.8 Å². The topological polar surface area (TPSA) is 88.7 Å². The normalized spacial score (nSPS) is 24.5. The summed E-state index contributed by atoms with van der Waals surface area (Å²) in [5.41, 5.74) is -1.01. The van der Waals surface area contributed by atoms with Crippen molar-refractivity contribution in [3.63, 3.8) is 0 Å². The highest BCUT2D eigenvalue weighted by Gasteiger charge is 2.48. The summed E-state index contributed by atoms with van der Waals surface area (Å²) in [6, 6.07) is 12.9. The van der Waals surface area contributed by atoms with Crippen LogP contribution in [0.2, 0.25) is 0 Å². The van der Waals surface area contributed by atoms with Gasteiger partial charge in [-0.2, -0.15) is 4.31 Å². The molecule has 0 bridgehead atoms. The maximum Gasteiger partial charge on any atom is 0.410 e. The standard InChI is InChI=1S/C26H34N2O6S/c1-25(2,3)34-24(29)28(16-22-18-32-22)21-15-26(33-17-21)10-12-27(13-11-26)35(30,31)23-9-8-19-6-4-5-7-20(19)14-23/h4-9,14,21-22H,10-13,15-18H2,1-3H3/t21?,22-/m0/s1. The Kier molecular flexibility index (Phi) is 6.32. The molecule has 2 aromatic carbocycles. The average molecular weight is 503 g/mol. The molecule has 2 aromatic rings. The summed E-state index contributed by atoms with van der Waals surface area (Å²) in [5, 5.41) is 1.92. The van der Waals surface area contributed by atoms with Gasteiger partial charge in [-0.15, -0.1) is 0 Å². The highest BCUT2D eigenvalue weighted by Crippen LogP contribution is 2.39. The van der Waals surface area contributed by atoms with Gasteiger partial charge in [0.15, 0.2) is 0 Å². The molecular weight excluding hydrogens is 468 g/mol. The molecule has 1 amide bonds. The number of epoxide rings is 1. The van der Waals surface area contributed by atoms with Crippen LogP contribution in [0.1, 0.15) is 40.0 Å². The molecule has 3 aliphatic rings. The summed E-state index contributed by atoms with van der Waals surface area (Å²) in [7, 11) is -3.59. The largest absolute Gasteiger partial charge is 0.444 e. The zero-order valence-corrected chi connectivity index (χ0v) is 21.4. The predicted octanol–water partition coefficient (Wildman–Crippen LogP) is 3.79. The van der Waals surface area contributed by atoms with Crippen molar-refractivity contribution < 1.29 is 27.4 Å². The first-order valence-corrected chi connectivity index (χ1v) is 13.7. The molecule has 0 saturated carbocycles. The van der Waals surface area contributed by atoms with Gasteiger partial charge in [-0.1, -0.05) is 30.3 Å². The number of piperidine rings is 1. The van der Waals surface area contributed by atoms with Gasteiger partial charge in [0.05, 0.1) is 42.4 Å². The molecule has 1 unspecified atom stereocenters. The van der Waals surface area contributed by atoms with Gasteiger partial charge in [0.1, 0.15) is 5.60 Å². The fourth-order valence-corrected chi connectivity index (χ4v) is 6.54. The van der Waals surface area contributed by atoms with E-state index in [-0.39, 0.29) is 18.2 Å². The average Bonchev–Trinajstić information content (AvgIpc) is 3.55. The Bertz CT molecular complexity index is 1200. The summed E-state index contributed by atoms with van der Waals surface area (Å²) in [4.78, 5) is 15.0. The first-order chi connectivity index (χ1) is 16.5. The molecule has 0 N–H and O–H groups in total. The predicted molar refractivity (Wildman–Crippen MR) is 132 cm³/mol. The van der Waals surface area contributed by atoms with Crippen LogP contribution in [-0.2, 0) is 24.2 Å². The molecule has 35 heavy (non-hydrogen) atoms. The van der Waals surface area contributed by atoms with Crippen molar-refractivity contribution in [2.75, 3.05) is 32.8 Å². The van der Waals surface area contributed by atoms with Crippen molar-refractivity contribution in [1.29, 1.82) is 0 Å². The molecule has 8 nitrogen and oxygen atoms in total. The van der Waals surface area contributed by atoms with Crippen LogP contribution < -0.4 is 0 Å². The van der Waals surface area contributed by atoms with Crippen molar-refractivity contribution in [2.45, 2.75) is 68.3 Å². The Morgan fingerprint density at radius 3 is 2.46 bits per heavy atom. The van der Waals surface area contributed by atoms with Crippen molar-refractivity contribution in [3.8, 4) is 0 Å². The maximum atomic E-state index is 13.4. The second kappa shape index (κ2) is 9.03. The number of benzene rings is 2. The molecule has 3 aliphatic heterocycles. The third-order valence-corrected chi connectivity index (χ3v) is 8.95. The molecule has 3 heterocycles. The van der Waals surface area contributed by atoms with E-state index in [1.54, 1.807) is 21.3 Å². The van der Waals surface area contributed by atoms with E-state index in [1.807, 2.05) is 51.1 Å². The number of carbonyl (C=O) groups excluding carboxylic acids is 1. The minimum atomic E-state index is -3.59. The van der Waals surface area contributed by atoms with Crippen molar-refractivity contribution in [2.24, 2.45) is 0 Å². The first-order valence-electron chi connectivity index (χ1n) is 12.3. The van der Waals surface area contributed by atoms with Gasteiger partial charge >= 0.3 is 6.09 Å². The molecule has 0 radical (unpaired) electrons. The van der Waals surface area contributed by atoms with Gasteiger partial charge in [0, 0.05) is 13.1 Å². The van der Waals surface area contributed by atoms with Gasteiger partial charge in [-0.3, -0.25) is 0 Å². The fourth-order valence-electron chi connectivity index (χ4n) is 5.07. The SMILES string of the molecule is CC(C)(C)OC(=O)N(C[C@H]1CO1)C1COC2(CCN(S(=O)(=O)c3ccc4ccccc4c3)CC2)C1. The number of rotatable bonds is 5. The van der Waals surface area contributed by atoms with Gasteiger partial charge in [-0.05, 0) is 62.9 Å². The number of amides is 1. The Morgan fingerprint density at radius 1 is 1.11 bits per heavy atom. The Labute approximate surface area is 207 Å². The van der Waals surface area contributed by atoms with E-state index in [4.69, 9.17) is 14.2 Å². The molecule has 2 atom stereocenters. The number of nitrogens with zero attached hydrogens (tertiary/aromatic N) is 2. The third kappa shape index (κ3) is 5.33. The van der Waals surface area contributed by atoms with Crippen molar-refractivity contribution in [1.82, 2.24) is 9.21 Å². The summed E-state index contributed by atoms with van der Waals surface area (Å²) >= 11 is 0. The molecular formula is C26H34N2O6S. The van der Waals surface area contributed by atoms with E-state index in [0.29, 0.717) is 57.0 Å². The minimum absolute atomic E-state index is 0.0491. The molecule has 3 fully saturated rings. The van der Waals surface area contributed by atoms with Crippen LogP contribution in [0.25, 0.3) is 10.8 Å². The molecule has 190 valence electrons. The van der Waals surface area contributed by atoms with Gasteiger partial charge < -0.3 is 19.1 Å². The Morgan fingerprint density at radius 2 is 1.80 bits per heavy atom. The van der Waals surface area contributed by atoms with E-state index in [1.165, 1.54) is 0 Å². The van der Waals surface area contributed by atoms with Crippen LogP contribution in [0.3, 0.4) is 0 Å². The van der Waals surface area contributed by atoms with Crippen LogP contribution in [0.15, 0.2) is 47.4 Å². The van der Waals surface area contributed by atoms with Crippen LogP contribution in [0, 0.1) is 0 Å². The van der Waals surface area contributed by atoms with Crippen molar-refractivity contribution >= 4 is 26.9 Å². The van der Waals surface area contributed by atoms with Crippen LogP contribution in [0.5, 0.6) is 0 Å². The lowest BCUT2D eigenvalue weighted by Crippen LogP contribution is -2.48. The second-order valence-electron chi connectivity index (χ2n) is 10.9. The summed E-state index contributed by atoms with van der Waals surface area (Å²) in [5.74, 6) is 0. The molecule has 1 spiro atoms. The minimum Gasteiger partial charge on any atom is -0.444 e. The lowest BCUT2D eigenvalue weighted by Gasteiger charge is -2.38. The van der Waals surface area contributed by atoms with E-state index >= 15 is 0 Å². The fraction of sp³-hybridized carbons (Fsp3) is 0.577. The first kappa shape index (κ1) is 24.5. The molecule has 9 heteroatoms. The second-order valence-corrected chi connectivity index (χ2v) is 12.8. The highest BCUT2D eigenvalue weighted by molar-refractivity contribution is 7.89. The molecule has 5 rings (SSSR count). The van der Waals surface area contributed by atoms with E-state index < -0.39 is 21.2 Å². The molecule has 3 saturated heterocycles. The van der Waals surface area contributed by atoms with Crippen molar-refractivity contribution in [3.05, 3.63) is 42.5 Å². The quantitative estimate of drug-likeness (QED) is 0.578. The van der Waals surface area contributed by atoms with Gasteiger partial charge in [0.25, 0.3) is 0 Å². The summed E-state index contributed by atoms with van der Waals surface area (Å²) in [6.45, 7) is 7.91. The Hall–Kier alpha value is -2.20. The molecule has 0 aromatic heterocycles. The molecule has 0 aliphatic carbocycles. The smallest absolute Gasteiger partial charge is 0.410 e. The van der Waals surface area contributed by atoms with Crippen LogP contribution in [-0.4, -0.2) is 79.9 Å². The number of sulfonamides is 1. The Balaban J connectivity index is 1.25. The lowest BCUT2D eigenvalue weighted by atomic mass is 9.88. The maximum absolute atomic E-state index is 13.4. The zero-order valence-electron chi connectivity index (χ0n) is 20.6. The highest BCUT2D eigenvalue weighted by atomic mass is 32.2. The number of fused-ring (bicyclic) bond motifs is 1. The third-order valence-electron chi connectivity index (χ3n) is 7.05.